The molecule has 0 aromatic heterocycles. The number of ether oxygens (including phenoxy) is 2. The third-order valence-electron chi connectivity index (χ3n) is 5.03. The average Bonchev–Trinajstić information content (AvgIpc) is 2.67. The molecule has 7 nitrogen and oxygen atoms in total. The third-order valence-corrected chi connectivity index (χ3v) is 5.03. The van der Waals surface area contributed by atoms with Crippen LogP contribution in [0, 0.1) is 5.92 Å². The molecule has 0 radical (unpaired) electrons. The molecule has 1 saturated heterocycles. The summed E-state index contributed by atoms with van der Waals surface area (Å²) in [6.07, 6.45) is -1.22. The zero-order chi connectivity index (χ0) is 21.7. The van der Waals surface area contributed by atoms with E-state index in [4.69, 9.17) is 14.6 Å². The van der Waals surface area contributed by atoms with Crippen LogP contribution in [-0.2, 0) is 21.7 Å². The third kappa shape index (κ3) is 6.33. The molecule has 0 aliphatic carbocycles. The van der Waals surface area contributed by atoms with E-state index in [1.807, 2.05) is 0 Å². The van der Waals surface area contributed by atoms with E-state index in [2.05, 4.69) is 0 Å². The second-order valence-electron chi connectivity index (χ2n) is 7.69. The number of likely N-dealkylation sites (tertiary alicyclic amines) is 1. The van der Waals surface area contributed by atoms with Gasteiger partial charge >= 0.3 is 6.09 Å². The predicted octanol–water partition coefficient (Wildman–Crippen LogP) is 2.44. The van der Waals surface area contributed by atoms with E-state index >= 15 is 0 Å². The number of aliphatic hydroxyl groups is 2. The van der Waals surface area contributed by atoms with Gasteiger partial charge in [0, 0.05) is 19.0 Å². The number of hydrogen-bond acceptors (Lipinski definition) is 5. The van der Waals surface area contributed by atoms with Crippen LogP contribution < -0.4 is 0 Å². The van der Waals surface area contributed by atoms with Gasteiger partial charge in [-0.3, -0.25) is 0 Å². The molecular formula is C20H29F2NO6. The van der Waals surface area contributed by atoms with Crippen molar-refractivity contribution in [2.45, 2.75) is 44.5 Å². The lowest BCUT2D eigenvalue weighted by Crippen LogP contribution is -2.52. The number of hydrogen-bond donors (Lipinski definition) is 3. The molecule has 164 valence electrons. The number of alkyl halides is 2. The highest BCUT2D eigenvalue weighted by atomic mass is 19.3. The molecular weight excluding hydrogens is 388 g/mol. The maximum absolute atomic E-state index is 13.7. The minimum Gasteiger partial charge on any atom is -0.465 e. The van der Waals surface area contributed by atoms with Crippen LogP contribution in [0.4, 0.5) is 13.6 Å². The Hall–Kier alpha value is -1.81. The van der Waals surface area contributed by atoms with Crippen LogP contribution in [0.5, 0.6) is 0 Å². The van der Waals surface area contributed by atoms with Crippen LogP contribution in [0.25, 0.3) is 0 Å². The summed E-state index contributed by atoms with van der Waals surface area (Å²) in [7, 11) is 0. The van der Waals surface area contributed by atoms with E-state index in [9.17, 15) is 23.8 Å². The van der Waals surface area contributed by atoms with Gasteiger partial charge in [0.2, 0.25) is 0 Å². The van der Waals surface area contributed by atoms with E-state index in [1.165, 1.54) is 4.90 Å². The van der Waals surface area contributed by atoms with Crippen molar-refractivity contribution in [1.29, 1.82) is 0 Å². The predicted molar refractivity (Wildman–Crippen MR) is 101 cm³/mol. The van der Waals surface area contributed by atoms with E-state index in [-0.39, 0.29) is 38.8 Å². The van der Waals surface area contributed by atoms with Crippen molar-refractivity contribution in [1.82, 2.24) is 4.90 Å². The highest BCUT2D eigenvalue weighted by Crippen LogP contribution is 2.37. The number of carboxylic acid groups (broad SMARTS) is 1. The van der Waals surface area contributed by atoms with Crippen molar-refractivity contribution in [3.05, 3.63) is 35.4 Å². The Morgan fingerprint density at radius 3 is 2.52 bits per heavy atom. The number of aliphatic hydroxyl groups excluding tert-OH is 1. The molecule has 2 unspecified atom stereocenters. The summed E-state index contributed by atoms with van der Waals surface area (Å²) < 4.78 is 37.4. The molecule has 1 aliphatic rings. The fourth-order valence-corrected chi connectivity index (χ4v) is 3.32. The summed E-state index contributed by atoms with van der Waals surface area (Å²) in [6, 6.07) is 6.62. The van der Waals surface area contributed by atoms with Gasteiger partial charge in [0.25, 0.3) is 5.92 Å². The fraction of sp³-hybridized carbons (Fsp3) is 0.650. The van der Waals surface area contributed by atoms with Gasteiger partial charge in [-0.15, -0.1) is 0 Å². The Labute approximate surface area is 168 Å². The number of benzene rings is 1. The lowest BCUT2D eigenvalue weighted by Gasteiger charge is -2.43. The second-order valence-corrected chi connectivity index (χ2v) is 7.69. The van der Waals surface area contributed by atoms with Gasteiger partial charge in [-0.1, -0.05) is 24.3 Å². The minimum atomic E-state index is -3.08. The first-order valence-electron chi connectivity index (χ1n) is 9.55. The minimum absolute atomic E-state index is 0.0216. The Kier molecular flexibility index (Phi) is 7.93. The van der Waals surface area contributed by atoms with Crippen molar-refractivity contribution < 1.29 is 38.4 Å². The summed E-state index contributed by atoms with van der Waals surface area (Å²) in [5, 5.41) is 29.8. The molecule has 1 aromatic rings. The first kappa shape index (κ1) is 23.5. The summed E-state index contributed by atoms with van der Waals surface area (Å²) in [4.78, 5) is 12.3. The van der Waals surface area contributed by atoms with Gasteiger partial charge in [0.15, 0.2) is 0 Å². The lowest BCUT2D eigenvalue weighted by molar-refractivity contribution is -0.135. The van der Waals surface area contributed by atoms with Crippen LogP contribution in [-0.4, -0.2) is 71.2 Å². The molecule has 3 N–H and O–H groups in total. The normalized spacial score (nSPS) is 22.9. The van der Waals surface area contributed by atoms with Gasteiger partial charge < -0.3 is 29.7 Å². The topological polar surface area (TPSA) is 99.5 Å². The molecule has 0 saturated carbocycles. The van der Waals surface area contributed by atoms with E-state index in [0.29, 0.717) is 11.1 Å². The summed E-state index contributed by atoms with van der Waals surface area (Å²) >= 11 is 0. The number of piperidine rings is 1. The van der Waals surface area contributed by atoms with Crippen LogP contribution in [0.1, 0.15) is 31.4 Å². The maximum atomic E-state index is 13.7. The fourth-order valence-electron chi connectivity index (χ4n) is 3.32. The SMILES string of the molecule is CC(C)OCC(F)(F)COCc1ccc(C2(O)CCN(C(=O)O)CC2CO)cc1. The molecule has 0 bridgehead atoms. The molecule has 2 rings (SSSR count). The van der Waals surface area contributed by atoms with Crippen molar-refractivity contribution >= 4 is 6.09 Å². The average molecular weight is 417 g/mol. The van der Waals surface area contributed by atoms with E-state index in [1.54, 1.807) is 38.1 Å². The Morgan fingerprint density at radius 2 is 1.97 bits per heavy atom. The highest BCUT2D eigenvalue weighted by Gasteiger charge is 2.43. The number of rotatable bonds is 9. The molecule has 1 aliphatic heterocycles. The van der Waals surface area contributed by atoms with E-state index < -0.39 is 36.7 Å². The van der Waals surface area contributed by atoms with E-state index in [0.717, 1.165) is 0 Å². The van der Waals surface area contributed by atoms with Gasteiger partial charge in [-0.2, -0.15) is 0 Å². The summed E-state index contributed by atoms with van der Waals surface area (Å²) in [6.45, 7) is 1.69. The van der Waals surface area contributed by atoms with Crippen LogP contribution in [0.15, 0.2) is 24.3 Å². The standard InChI is InChI=1S/C20H29F2NO6/c1-14(2)29-13-19(21,22)12-28-11-15-3-5-16(6-4-15)20(27)7-8-23(18(25)26)9-17(20)10-24/h3-6,14,17,24,27H,7-13H2,1-2H3,(H,25,26). The van der Waals surface area contributed by atoms with Gasteiger partial charge in [-0.05, 0) is 31.4 Å². The molecule has 1 heterocycles. The number of halogens is 2. The van der Waals surface area contributed by atoms with Crippen LogP contribution in [0.2, 0.25) is 0 Å². The number of amides is 1. The molecule has 29 heavy (non-hydrogen) atoms. The van der Waals surface area contributed by atoms with Crippen molar-refractivity contribution in [2.75, 3.05) is 32.9 Å². The zero-order valence-electron chi connectivity index (χ0n) is 16.7. The first-order valence-corrected chi connectivity index (χ1v) is 9.55. The molecule has 2 atom stereocenters. The Bertz CT molecular complexity index is 669. The van der Waals surface area contributed by atoms with Crippen LogP contribution >= 0.6 is 0 Å². The Morgan fingerprint density at radius 1 is 1.31 bits per heavy atom. The molecule has 1 amide bonds. The molecule has 1 aromatic carbocycles. The smallest absolute Gasteiger partial charge is 0.407 e. The van der Waals surface area contributed by atoms with Crippen molar-refractivity contribution in [3.63, 3.8) is 0 Å². The van der Waals surface area contributed by atoms with Crippen molar-refractivity contribution in [2.24, 2.45) is 5.92 Å². The zero-order valence-corrected chi connectivity index (χ0v) is 16.7. The second kappa shape index (κ2) is 9.80. The number of carbonyl (C=O) groups is 1. The molecule has 0 spiro atoms. The lowest BCUT2D eigenvalue weighted by atomic mass is 9.76. The summed E-state index contributed by atoms with van der Waals surface area (Å²) in [5.74, 6) is -3.74. The van der Waals surface area contributed by atoms with Crippen LogP contribution in [0.3, 0.4) is 0 Å². The number of nitrogens with zero attached hydrogens (tertiary/aromatic N) is 1. The van der Waals surface area contributed by atoms with Gasteiger partial charge in [-0.25, -0.2) is 13.6 Å². The highest BCUT2D eigenvalue weighted by molar-refractivity contribution is 5.65. The quantitative estimate of drug-likeness (QED) is 0.571. The summed E-state index contributed by atoms with van der Waals surface area (Å²) in [5.41, 5.74) is -0.163. The monoisotopic (exact) mass is 417 g/mol. The van der Waals surface area contributed by atoms with Gasteiger partial charge in [0.1, 0.15) is 13.2 Å². The van der Waals surface area contributed by atoms with Crippen molar-refractivity contribution in [3.8, 4) is 0 Å². The van der Waals surface area contributed by atoms with Gasteiger partial charge in [0.05, 0.1) is 24.9 Å². The first-order chi connectivity index (χ1) is 13.6. The largest absolute Gasteiger partial charge is 0.465 e. The molecule has 9 heteroatoms. The maximum Gasteiger partial charge on any atom is 0.407 e. The Balaban J connectivity index is 1.94. The molecule has 1 fully saturated rings.